The van der Waals surface area contributed by atoms with Crippen LogP contribution in [0.15, 0.2) is 60.7 Å². The summed E-state index contributed by atoms with van der Waals surface area (Å²) >= 11 is 6.50. The van der Waals surface area contributed by atoms with Gasteiger partial charge in [0, 0.05) is 47.3 Å². The van der Waals surface area contributed by atoms with Gasteiger partial charge in [0.2, 0.25) is 0 Å². The van der Waals surface area contributed by atoms with Gasteiger partial charge in [0.1, 0.15) is 35.8 Å². The molecule has 0 aromatic heterocycles. The quantitative estimate of drug-likeness (QED) is 0.403. The molecule has 1 atom stereocenters. The Morgan fingerprint density at radius 3 is 2.57 bits per heavy atom. The maximum atomic E-state index is 14.2. The average Bonchev–Trinajstić information content (AvgIpc) is 2.83. The van der Waals surface area contributed by atoms with Crippen molar-refractivity contribution in [2.75, 3.05) is 32.9 Å². The number of hydrogen-bond acceptors (Lipinski definition) is 4. The smallest absolute Gasteiger partial charge is 0.150 e. The number of ether oxygens (including phenoxy) is 2. The van der Waals surface area contributed by atoms with Crippen molar-refractivity contribution >= 4 is 22.7 Å². The first-order valence-electron chi connectivity index (χ1n) is 11.6. The second-order valence-corrected chi connectivity index (χ2v) is 9.45. The van der Waals surface area contributed by atoms with Crippen molar-refractivity contribution < 1.29 is 23.4 Å². The first-order chi connectivity index (χ1) is 16.9. The maximum absolute atomic E-state index is 14.2. The van der Waals surface area contributed by atoms with Crippen LogP contribution in [0.2, 0.25) is 5.02 Å². The normalized spacial score (nSPS) is 18.1. The summed E-state index contributed by atoms with van der Waals surface area (Å²) in [5.74, 6) is 1.24. The fourth-order valence-corrected chi connectivity index (χ4v) is 4.93. The van der Waals surface area contributed by atoms with Crippen molar-refractivity contribution in [1.29, 1.82) is 0 Å². The van der Waals surface area contributed by atoms with Crippen LogP contribution >= 0.6 is 11.6 Å². The summed E-state index contributed by atoms with van der Waals surface area (Å²) in [6.45, 7) is 4.52. The van der Waals surface area contributed by atoms with E-state index in [1.54, 1.807) is 18.2 Å². The fraction of sp³-hybridized carbons (Fsp3) is 0.286. The highest BCUT2D eigenvalue weighted by Gasteiger charge is 2.31. The molecule has 35 heavy (non-hydrogen) atoms. The van der Waals surface area contributed by atoms with Gasteiger partial charge in [-0.25, -0.2) is 4.39 Å². The number of fused-ring (bicyclic) bond motifs is 1. The van der Waals surface area contributed by atoms with E-state index in [0.717, 1.165) is 47.7 Å². The molecule has 3 aromatic rings. The van der Waals surface area contributed by atoms with Gasteiger partial charge in [0.15, 0.2) is 0 Å². The maximum Gasteiger partial charge on any atom is 0.150 e. The molecule has 7 heteroatoms. The van der Waals surface area contributed by atoms with E-state index in [-0.39, 0.29) is 18.3 Å². The first kappa shape index (κ1) is 23.6. The van der Waals surface area contributed by atoms with Crippen molar-refractivity contribution in [2.45, 2.75) is 13.0 Å². The summed E-state index contributed by atoms with van der Waals surface area (Å²) in [6, 6.07) is 16.8. The van der Waals surface area contributed by atoms with Gasteiger partial charge >= 0.3 is 0 Å². The van der Waals surface area contributed by atoms with Crippen LogP contribution in [0, 0.1) is 11.7 Å². The van der Waals surface area contributed by atoms with E-state index >= 15 is 0 Å². The number of likely N-dealkylation sites (tertiary alicyclic amines) is 1. The highest BCUT2D eigenvalue weighted by molar-refractivity contribution is 6.32. The summed E-state index contributed by atoms with van der Waals surface area (Å²) in [6.07, 6.45) is -0.529. The van der Waals surface area contributed by atoms with Crippen molar-refractivity contribution in [2.24, 2.45) is 5.92 Å². The summed E-state index contributed by atoms with van der Waals surface area (Å²) in [4.78, 5) is 2.17. The molecule has 2 heterocycles. The molecule has 0 bridgehead atoms. The van der Waals surface area contributed by atoms with E-state index in [0.29, 0.717) is 22.9 Å². The SMILES string of the molecule is CC1=C(c2cc(F)ccc2Cl)C(c2ccc(OCCN3CC(CF)C3)cc2)Oc2ccc(O)cc21. The monoisotopic (exact) mass is 497 g/mol. The zero-order valence-corrected chi connectivity index (χ0v) is 20.1. The van der Waals surface area contributed by atoms with Gasteiger partial charge in [0.25, 0.3) is 0 Å². The summed E-state index contributed by atoms with van der Waals surface area (Å²) in [5, 5.41) is 10.4. The van der Waals surface area contributed by atoms with Gasteiger partial charge in [0.05, 0.1) is 6.67 Å². The molecule has 1 saturated heterocycles. The topological polar surface area (TPSA) is 41.9 Å². The third kappa shape index (κ3) is 4.86. The molecule has 0 radical (unpaired) electrons. The molecule has 0 spiro atoms. The summed E-state index contributed by atoms with van der Waals surface area (Å²) in [5.41, 5.74) is 3.73. The van der Waals surface area contributed by atoms with Gasteiger partial charge in [-0.3, -0.25) is 9.29 Å². The van der Waals surface area contributed by atoms with Crippen LogP contribution in [-0.4, -0.2) is 42.9 Å². The zero-order chi connectivity index (χ0) is 24.5. The Morgan fingerprint density at radius 2 is 1.83 bits per heavy atom. The molecule has 2 aliphatic heterocycles. The number of halogens is 3. The molecule has 182 valence electrons. The molecule has 1 N–H and O–H groups in total. The van der Waals surface area contributed by atoms with E-state index < -0.39 is 11.9 Å². The molecule has 1 fully saturated rings. The lowest BCUT2D eigenvalue weighted by molar-refractivity contribution is 0.0668. The average molecular weight is 498 g/mol. The molecule has 2 aliphatic rings. The molecule has 3 aromatic carbocycles. The predicted octanol–water partition coefficient (Wildman–Crippen LogP) is 6.53. The van der Waals surface area contributed by atoms with Gasteiger partial charge in [-0.1, -0.05) is 23.7 Å². The van der Waals surface area contributed by atoms with E-state index in [1.807, 2.05) is 31.2 Å². The van der Waals surface area contributed by atoms with Gasteiger partial charge in [-0.2, -0.15) is 0 Å². The lowest BCUT2D eigenvalue weighted by atomic mass is 9.86. The van der Waals surface area contributed by atoms with Crippen molar-refractivity contribution in [3.05, 3.63) is 88.2 Å². The van der Waals surface area contributed by atoms with Crippen LogP contribution in [-0.2, 0) is 0 Å². The molecular formula is C28H26ClF2NO3. The minimum absolute atomic E-state index is 0.120. The largest absolute Gasteiger partial charge is 0.508 e. The highest BCUT2D eigenvalue weighted by atomic mass is 35.5. The number of phenols is 1. The summed E-state index contributed by atoms with van der Waals surface area (Å²) in [7, 11) is 0. The molecule has 0 amide bonds. The minimum atomic E-state index is -0.529. The van der Waals surface area contributed by atoms with E-state index in [1.165, 1.54) is 18.2 Å². The third-order valence-electron chi connectivity index (χ3n) is 6.61. The first-order valence-corrected chi connectivity index (χ1v) is 12.0. The van der Waals surface area contributed by atoms with Crippen LogP contribution in [0.25, 0.3) is 11.1 Å². The fourth-order valence-electron chi connectivity index (χ4n) is 4.71. The zero-order valence-electron chi connectivity index (χ0n) is 19.3. The highest BCUT2D eigenvalue weighted by Crippen LogP contribution is 2.48. The number of allylic oxidation sites excluding steroid dienone is 1. The van der Waals surface area contributed by atoms with E-state index in [9.17, 15) is 13.9 Å². The number of aromatic hydroxyl groups is 1. The lowest BCUT2D eigenvalue weighted by Crippen LogP contribution is -2.49. The second-order valence-electron chi connectivity index (χ2n) is 9.04. The van der Waals surface area contributed by atoms with Crippen molar-refractivity contribution in [3.8, 4) is 17.2 Å². The number of hydrogen-bond donors (Lipinski definition) is 1. The van der Waals surface area contributed by atoms with Crippen LogP contribution < -0.4 is 9.47 Å². The second kappa shape index (κ2) is 9.88. The Morgan fingerprint density at radius 1 is 1.06 bits per heavy atom. The van der Waals surface area contributed by atoms with Gasteiger partial charge < -0.3 is 14.6 Å². The Kier molecular flexibility index (Phi) is 6.67. The standard InChI is InChI=1S/C28H26ClF2NO3/c1-17-23-13-21(33)5-9-26(23)35-28(27(17)24-12-20(31)4-8-25(24)29)19-2-6-22(7-3-19)34-11-10-32-15-18(14-30)16-32/h2-9,12-13,18,28,33H,10-11,14-16H2,1H3. The Balaban J connectivity index is 1.41. The molecule has 0 saturated carbocycles. The Bertz CT molecular complexity index is 1260. The number of benzene rings is 3. The Hall–Kier alpha value is -3.09. The lowest BCUT2D eigenvalue weighted by Gasteiger charge is -2.37. The number of alkyl halides is 1. The van der Waals surface area contributed by atoms with Gasteiger partial charge in [-0.15, -0.1) is 0 Å². The van der Waals surface area contributed by atoms with Crippen molar-refractivity contribution in [1.82, 2.24) is 4.90 Å². The molecule has 1 unspecified atom stereocenters. The van der Waals surface area contributed by atoms with Gasteiger partial charge in [-0.05, 0) is 66.6 Å². The number of nitrogens with zero attached hydrogens (tertiary/aromatic N) is 1. The van der Waals surface area contributed by atoms with Crippen LogP contribution in [0.4, 0.5) is 8.78 Å². The van der Waals surface area contributed by atoms with Crippen LogP contribution in [0.1, 0.15) is 29.7 Å². The Labute approximate surface area is 208 Å². The van der Waals surface area contributed by atoms with E-state index in [2.05, 4.69) is 4.90 Å². The molecule has 5 rings (SSSR count). The van der Waals surface area contributed by atoms with Crippen LogP contribution in [0.3, 0.4) is 0 Å². The summed E-state index contributed by atoms with van der Waals surface area (Å²) < 4.78 is 39.0. The number of phenolic OH excluding ortho intramolecular Hbond substituents is 1. The number of rotatable bonds is 7. The van der Waals surface area contributed by atoms with Crippen LogP contribution in [0.5, 0.6) is 17.2 Å². The predicted molar refractivity (Wildman–Crippen MR) is 133 cm³/mol. The molecule has 4 nitrogen and oxygen atoms in total. The minimum Gasteiger partial charge on any atom is -0.508 e. The third-order valence-corrected chi connectivity index (χ3v) is 6.94. The molecular weight excluding hydrogens is 472 g/mol. The van der Waals surface area contributed by atoms with E-state index in [4.69, 9.17) is 21.1 Å². The van der Waals surface area contributed by atoms with Crippen molar-refractivity contribution in [3.63, 3.8) is 0 Å². The molecule has 0 aliphatic carbocycles.